The first-order valence-electron chi connectivity index (χ1n) is 19.1. The van der Waals surface area contributed by atoms with Crippen LogP contribution in [0.15, 0.2) is 42.5 Å². The molecule has 0 spiro atoms. The largest absolute Gasteiger partial charge is 0.444 e. The highest BCUT2D eigenvalue weighted by molar-refractivity contribution is 7.91. The van der Waals surface area contributed by atoms with Gasteiger partial charge in [0, 0.05) is 37.3 Å². The van der Waals surface area contributed by atoms with E-state index in [9.17, 15) is 41.6 Å². The normalized spacial score (nSPS) is 24.6. The second-order valence-corrected chi connectivity index (χ2v) is 18.3. The van der Waals surface area contributed by atoms with E-state index < -0.39 is 86.2 Å². The molecule has 0 radical (unpaired) electrons. The van der Waals surface area contributed by atoms with E-state index in [0.717, 1.165) is 24.2 Å². The van der Waals surface area contributed by atoms with E-state index >= 15 is 0 Å². The summed E-state index contributed by atoms with van der Waals surface area (Å²) in [6.07, 6.45) is 4.10. The first-order valence-corrected chi connectivity index (χ1v) is 20.7. The van der Waals surface area contributed by atoms with Crippen molar-refractivity contribution in [1.82, 2.24) is 25.2 Å². The zero-order valence-electron chi connectivity index (χ0n) is 31.9. The number of amides is 5. The maximum atomic E-state index is 14.5. The van der Waals surface area contributed by atoms with Crippen LogP contribution in [0.1, 0.15) is 96.1 Å². The second kappa shape index (κ2) is 16.0. The van der Waals surface area contributed by atoms with Crippen LogP contribution < -0.4 is 15.4 Å². The first-order chi connectivity index (χ1) is 26.4. The third-order valence-corrected chi connectivity index (χ3v) is 12.7. The van der Waals surface area contributed by atoms with Crippen LogP contribution in [0.2, 0.25) is 0 Å². The molecule has 5 atom stereocenters. The van der Waals surface area contributed by atoms with Crippen LogP contribution in [0.4, 0.5) is 14.0 Å². The van der Waals surface area contributed by atoms with Gasteiger partial charge in [-0.1, -0.05) is 29.9 Å². The lowest BCUT2D eigenvalue weighted by Crippen LogP contribution is -2.58. The molecule has 56 heavy (non-hydrogen) atoms. The van der Waals surface area contributed by atoms with Crippen molar-refractivity contribution in [3.63, 3.8) is 0 Å². The van der Waals surface area contributed by atoms with Crippen molar-refractivity contribution < 1.29 is 51.0 Å². The van der Waals surface area contributed by atoms with Crippen LogP contribution in [0.25, 0.3) is 0 Å². The van der Waals surface area contributed by atoms with Gasteiger partial charge in [0.2, 0.25) is 21.8 Å². The highest BCUT2D eigenvalue weighted by atomic mass is 32.2. The van der Waals surface area contributed by atoms with Gasteiger partial charge in [-0.15, -0.1) is 6.58 Å². The molecule has 1 saturated heterocycles. The molecule has 0 bridgehead atoms. The number of likely N-dealkylation sites (tertiary alicyclic amines) is 1. The Morgan fingerprint density at radius 1 is 1.11 bits per heavy atom. The van der Waals surface area contributed by atoms with Gasteiger partial charge < -0.3 is 25.0 Å². The summed E-state index contributed by atoms with van der Waals surface area (Å²) in [5.74, 6) is -3.75. The van der Waals surface area contributed by atoms with Gasteiger partial charge in [0.05, 0.1) is 18.3 Å². The van der Waals surface area contributed by atoms with Gasteiger partial charge in [0.15, 0.2) is 0 Å². The molecule has 5 aliphatic rings. The lowest BCUT2D eigenvalue weighted by molar-refractivity contribution is -0.141. The van der Waals surface area contributed by atoms with Crippen LogP contribution in [-0.2, 0) is 51.8 Å². The maximum absolute atomic E-state index is 14.5. The van der Waals surface area contributed by atoms with E-state index in [0.29, 0.717) is 24.0 Å². The average molecular weight is 800 g/mol. The summed E-state index contributed by atoms with van der Waals surface area (Å²) in [5, 5.41) is 4.54. The number of ketones is 1. The molecule has 2 heterocycles. The topological polar surface area (TPSA) is 198 Å². The number of rotatable bonds is 14. The number of fused-ring (bicyclic) bond motifs is 1. The number of carbonyl (C=O) groups is 6. The summed E-state index contributed by atoms with van der Waals surface area (Å²) >= 11 is 0. The van der Waals surface area contributed by atoms with Gasteiger partial charge >= 0.3 is 12.2 Å². The van der Waals surface area contributed by atoms with E-state index in [4.69, 9.17) is 9.47 Å². The molecule has 3 N–H and O–H groups in total. The molecule has 17 heteroatoms. The van der Waals surface area contributed by atoms with E-state index in [1.807, 2.05) is 6.08 Å². The van der Waals surface area contributed by atoms with Gasteiger partial charge in [0.1, 0.15) is 40.9 Å². The lowest BCUT2D eigenvalue weighted by Gasteiger charge is -2.30. The number of hydrogen-bond donors (Lipinski definition) is 3. The van der Waals surface area contributed by atoms with Gasteiger partial charge in [-0.2, -0.15) is 0 Å². The van der Waals surface area contributed by atoms with Gasteiger partial charge in [-0.3, -0.25) is 28.8 Å². The van der Waals surface area contributed by atoms with Crippen LogP contribution in [0.3, 0.4) is 0 Å². The van der Waals surface area contributed by atoms with Gasteiger partial charge in [-0.25, -0.2) is 22.4 Å². The Balaban J connectivity index is 1.22. The summed E-state index contributed by atoms with van der Waals surface area (Å²) in [6.45, 7) is 8.39. The molecule has 5 amide bonds. The van der Waals surface area contributed by atoms with Crippen LogP contribution >= 0.6 is 0 Å². The first kappa shape index (κ1) is 40.9. The minimum atomic E-state index is -3.97. The molecule has 15 nitrogen and oxygen atoms in total. The van der Waals surface area contributed by atoms with E-state index in [2.05, 4.69) is 21.9 Å². The monoisotopic (exact) mass is 799 g/mol. The minimum absolute atomic E-state index is 0.0446. The van der Waals surface area contributed by atoms with Crippen LogP contribution in [0.5, 0.6) is 0 Å². The fourth-order valence-corrected chi connectivity index (χ4v) is 8.64. The smallest absolute Gasteiger partial charge is 0.410 e. The molecule has 3 aliphatic carbocycles. The second-order valence-electron chi connectivity index (χ2n) is 16.4. The fourth-order valence-electron chi connectivity index (χ4n) is 7.28. The Kier molecular flexibility index (Phi) is 11.7. The molecule has 2 aliphatic heterocycles. The number of hydrogen-bond acceptors (Lipinski definition) is 10. The molecule has 0 aromatic heterocycles. The maximum Gasteiger partial charge on any atom is 0.410 e. The quantitative estimate of drug-likeness (QED) is 0.234. The number of sulfonamides is 1. The molecule has 3 saturated carbocycles. The summed E-state index contributed by atoms with van der Waals surface area (Å²) < 4.78 is 53.1. The minimum Gasteiger partial charge on any atom is -0.444 e. The molecule has 1 aromatic carbocycles. The van der Waals surface area contributed by atoms with Gasteiger partial charge in [0.25, 0.3) is 5.91 Å². The Morgan fingerprint density at radius 3 is 2.45 bits per heavy atom. The molecule has 0 unspecified atom stereocenters. The predicted octanol–water partition coefficient (Wildman–Crippen LogP) is 3.66. The number of benzene rings is 1. The third-order valence-electron chi connectivity index (χ3n) is 10.9. The van der Waals surface area contributed by atoms with Crippen molar-refractivity contribution >= 4 is 45.7 Å². The highest BCUT2D eigenvalue weighted by Crippen LogP contribution is 2.45. The number of nitrogens with zero attached hydrogens (tertiary/aromatic N) is 2. The molecule has 304 valence electrons. The SMILES string of the molecule is C=C[C@@H]1C[C@]1(NC(=O)[C@@H]1C[C@@H](OC(=O)N2Cc3cccc(F)c3C2)CN1C(=O)[C@H](CCC(=O)CC=C1CCC1)NC(=O)OC(C)(C)C)C(=O)NS(=O)(=O)C1CC1. The lowest BCUT2D eigenvalue weighted by atomic mass is 9.91. The molecular weight excluding hydrogens is 750 g/mol. The van der Waals surface area contributed by atoms with E-state index in [1.54, 1.807) is 32.9 Å². The zero-order valence-corrected chi connectivity index (χ0v) is 32.8. The molecule has 6 rings (SSSR count). The van der Waals surface area contributed by atoms with Crippen LogP contribution in [0, 0.1) is 11.7 Å². The summed E-state index contributed by atoms with van der Waals surface area (Å²) in [4.78, 5) is 83.9. The molecular formula is C39H50FN5O10S. The standard InChI is InChI=1S/C39H50FN5O10S/c1-5-25-19-39(25,35(49)43-56(52,53)28-15-16-28)42-33(47)32-18-27(54-37(51)44-20-24-10-7-11-30(40)29(24)22-44)21-45(32)34(48)31(41-36(50)55-38(2,3)4)17-14-26(46)13-12-23-8-6-9-23/h5,7,10-12,25,27-28,31-32H,1,6,8-9,13-22H2,2-4H3,(H,41,50)(H,42,47)(H,43,49)/t25-,27-,31+,32+,39-/m1/s1. The number of carbonyl (C=O) groups excluding carboxylic acids is 6. The number of allylic oxidation sites excluding steroid dienone is 2. The molecule has 4 fully saturated rings. The van der Waals surface area contributed by atoms with E-state index in [1.165, 1.54) is 22.6 Å². The third kappa shape index (κ3) is 9.41. The Bertz CT molecular complexity index is 1940. The highest BCUT2D eigenvalue weighted by Gasteiger charge is 2.62. The van der Waals surface area contributed by atoms with Crippen molar-refractivity contribution in [1.29, 1.82) is 0 Å². The Labute approximate surface area is 325 Å². The zero-order chi connectivity index (χ0) is 40.6. The van der Waals surface area contributed by atoms with Crippen LogP contribution in [-0.4, -0.2) is 95.0 Å². The van der Waals surface area contributed by atoms with Crippen molar-refractivity contribution in [2.24, 2.45) is 5.92 Å². The van der Waals surface area contributed by atoms with Crippen molar-refractivity contribution in [2.75, 3.05) is 6.54 Å². The van der Waals surface area contributed by atoms with Crippen molar-refractivity contribution in [3.8, 4) is 0 Å². The summed E-state index contributed by atoms with van der Waals surface area (Å²) in [5.41, 5.74) is -0.425. The Morgan fingerprint density at radius 2 is 1.84 bits per heavy atom. The predicted molar refractivity (Wildman–Crippen MR) is 199 cm³/mol. The molecule has 1 aromatic rings. The Hall–Kier alpha value is -4.80. The van der Waals surface area contributed by atoms with E-state index in [-0.39, 0.29) is 57.5 Å². The number of nitrogens with one attached hydrogen (secondary N) is 3. The van der Waals surface area contributed by atoms with Gasteiger partial charge in [-0.05, 0) is 77.3 Å². The van der Waals surface area contributed by atoms with Crippen molar-refractivity contribution in [2.45, 2.75) is 133 Å². The number of Topliss-reactive ketones (excluding diaryl/α,β-unsaturated/α-hetero) is 1. The fraction of sp³-hybridized carbons (Fsp3) is 0.590. The summed E-state index contributed by atoms with van der Waals surface area (Å²) in [7, 11) is -3.97. The number of ether oxygens (including phenoxy) is 2. The number of halogens is 1. The van der Waals surface area contributed by atoms with Crippen molar-refractivity contribution in [3.05, 3.63) is 59.4 Å². The average Bonchev–Trinajstić information content (AvgIpc) is 3.99. The number of alkyl carbamates (subject to hydrolysis) is 1. The summed E-state index contributed by atoms with van der Waals surface area (Å²) in [6, 6.07) is 1.84.